The van der Waals surface area contributed by atoms with Gasteiger partial charge in [0.1, 0.15) is 6.54 Å². The molecule has 2 amide bonds. The van der Waals surface area contributed by atoms with Crippen LogP contribution in [0.4, 0.5) is 0 Å². The van der Waals surface area contributed by atoms with Crippen molar-refractivity contribution in [3.05, 3.63) is 0 Å². The van der Waals surface area contributed by atoms with Crippen LogP contribution in [0.5, 0.6) is 0 Å². The van der Waals surface area contributed by atoms with Crippen molar-refractivity contribution in [2.75, 3.05) is 20.2 Å². The average molecular weight is 230 g/mol. The van der Waals surface area contributed by atoms with Gasteiger partial charge in [-0.3, -0.25) is 14.4 Å². The van der Waals surface area contributed by atoms with Crippen molar-refractivity contribution in [1.82, 2.24) is 10.2 Å². The molecule has 0 saturated carbocycles. The van der Waals surface area contributed by atoms with Crippen LogP contribution in [0.1, 0.15) is 20.8 Å². The average Bonchev–Trinajstić information content (AvgIpc) is 2.21. The molecule has 0 aromatic rings. The number of carbonyl (C=O) groups excluding carboxylic acids is 3. The summed E-state index contributed by atoms with van der Waals surface area (Å²) in [5, 5.41) is 2.39. The molecule has 0 atom stereocenters. The zero-order valence-electron chi connectivity index (χ0n) is 10.1. The summed E-state index contributed by atoms with van der Waals surface area (Å²) in [6.07, 6.45) is 0. The normalized spacial score (nSPS) is 9.81. The first-order chi connectivity index (χ1) is 7.38. The summed E-state index contributed by atoms with van der Waals surface area (Å²) in [4.78, 5) is 34.7. The molecule has 6 nitrogen and oxygen atoms in total. The van der Waals surface area contributed by atoms with E-state index in [1.165, 1.54) is 18.9 Å². The molecule has 0 aliphatic rings. The highest BCUT2D eigenvalue weighted by molar-refractivity contribution is 5.86. The third-order valence-corrected chi connectivity index (χ3v) is 1.96. The third-order valence-electron chi connectivity index (χ3n) is 1.96. The first-order valence-corrected chi connectivity index (χ1v) is 4.99. The second-order valence-electron chi connectivity index (χ2n) is 3.60. The fourth-order valence-corrected chi connectivity index (χ4v) is 1.06. The quantitative estimate of drug-likeness (QED) is 0.648. The summed E-state index contributed by atoms with van der Waals surface area (Å²) < 4.78 is 4.49. The van der Waals surface area contributed by atoms with Crippen molar-refractivity contribution in [1.29, 1.82) is 0 Å². The third kappa shape index (κ3) is 5.33. The maximum absolute atomic E-state index is 11.6. The van der Waals surface area contributed by atoms with Crippen molar-refractivity contribution >= 4 is 17.8 Å². The van der Waals surface area contributed by atoms with Crippen LogP contribution in [-0.4, -0.2) is 48.9 Å². The minimum atomic E-state index is -0.482. The van der Waals surface area contributed by atoms with Crippen LogP contribution < -0.4 is 5.32 Å². The number of hydrogen-bond donors (Lipinski definition) is 1. The van der Waals surface area contributed by atoms with Gasteiger partial charge >= 0.3 is 5.97 Å². The Labute approximate surface area is 94.9 Å². The van der Waals surface area contributed by atoms with E-state index >= 15 is 0 Å². The number of nitrogens with zero attached hydrogens (tertiary/aromatic N) is 1. The highest BCUT2D eigenvalue weighted by atomic mass is 16.5. The molecule has 0 aliphatic carbocycles. The molecule has 0 aromatic carbocycles. The zero-order valence-corrected chi connectivity index (χ0v) is 10.1. The van der Waals surface area contributed by atoms with Gasteiger partial charge in [0, 0.05) is 13.0 Å². The Balaban J connectivity index is 4.35. The molecule has 0 saturated heterocycles. The zero-order chi connectivity index (χ0) is 12.7. The van der Waals surface area contributed by atoms with Crippen LogP contribution in [0.3, 0.4) is 0 Å². The first kappa shape index (κ1) is 14.4. The minimum absolute atomic E-state index is 0.105. The van der Waals surface area contributed by atoms with Crippen molar-refractivity contribution in [3.8, 4) is 0 Å². The predicted molar refractivity (Wildman–Crippen MR) is 57.5 cm³/mol. The fourth-order valence-electron chi connectivity index (χ4n) is 1.06. The number of hydrogen-bond acceptors (Lipinski definition) is 4. The number of esters is 1. The van der Waals surface area contributed by atoms with Crippen LogP contribution in [0.2, 0.25) is 0 Å². The first-order valence-electron chi connectivity index (χ1n) is 4.99. The van der Waals surface area contributed by atoms with Gasteiger partial charge in [0.15, 0.2) is 0 Å². The molecule has 1 N–H and O–H groups in total. The van der Waals surface area contributed by atoms with E-state index in [-0.39, 0.29) is 30.9 Å². The smallest absolute Gasteiger partial charge is 0.325 e. The second kappa shape index (κ2) is 6.81. The number of methoxy groups -OCH3 is 1. The number of ether oxygens (including phenoxy) is 1. The van der Waals surface area contributed by atoms with Gasteiger partial charge < -0.3 is 15.0 Å². The summed E-state index contributed by atoms with van der Waals surface area (Å²) in [5.41, 5.74) is 0. The van der Waals surface area contributed by atoms with Crippen LogP contribution in [0.15, 0.2) is 0 Å². The van der Waals surface area contributed by atoms with E-state index in [4.69, 9.17) is 0 Å². The van der Waals surface area contributed by atoms with Gasteiger partial charge in [0.2, 0.25) is 11.8 Å². The molecule has 16 heavy (non-hydrogen) atoms. The minimum Gasteiger partial charge on any atom is -0.468 e. The second-order valence-corrected chi connectivity index (χ2v) is 3.60. The van der Waals surface area contributed by atoms with Crippen molar-refractivity contribution < 1.29 is 19.1 Å². The number of rotatable bonds is 5. The Hall–Kier alpha value is -1.59. The molecule has 6 heteroatoms. The lowest BCUT2D eigenvalue weighted by Gasteiger charge is -2.25. The highest BCUT2D eigenvalue weighted by Crippen LogP contribution is 1.99. The SMILES string of the molecule is COC(=O)CN(C(=O)CNC(C)=O)C(C)C. The van der Waals surface area contributed by atoms with Crippen molar-refractivity contribution in [3.63, 3.8) is 0 Å². The number of carbonyl (C=O) groups is 3. The Morgan fingerprint density at radius 3 is 2.25 bits per heavy atom. The Kier molecular flexibility index (Phi) is 6.14. The predicted octanol–water partition coefficient (Wildman–Crippen LogP) is -0.467. The molecular weight excluding hydrogens is 212 g/mol. The lowest BCUT2D eigenvalue weighted by molar-refractivity contribution is -0.148. The van der Waals surface area contributed by atoms with Crippen molar-refractivity contribution in [2.45, 2.75) is 26.8 Å². The van der Waals surface area contributed by atoms with Gasteiger partial charge in [-0.2, -0.15) is 0 Å². The summed E-state index contributed by atoms with van der Waals surface area (Å²) in [7, 11) is 1.26. The standard InChI is InChI=1S/C10H18N2O4/c1-7(2)12(6-10(15)16-4)9(14)5-11-8(3)13/h7H,5-6H2,1-4H3,(H,11,13). The van der Waals surface area contributed by atoms with E-state index in [9.17, 15) is 14.4 Å². The van der Waals surface area contributed by atoms with Gasteiger partial charge in [-0.1, -0.05) is 0 Å². The molecule has 0 radical (unpaired) electrons. The number of amides is 2. The maximum atomic E-state index is 11.6. The molecule has 0 fully saturated rings. The van der Waals surface area contributed by atoms with E-state index in [1.54, 1.807) is 13.8 Å². The topological polar surface area (TPSA) is 75.7 Å². The fraction of sp³-hybridized carbons (Fsp3) is 0.700. The van der Waals surface area contributed by atoms with Crippen LogP contribution in [-0.2, 0) is 19.1 Å². The molecule has 0 aliphatic heterocycles. The van der Waals surface area contributed by atoms with E-state index < -0.39 is 5.97 Å². The van der Waals surface area contributed by atoms with Gasteiger partial charge in [-0.05, 0) is 13.8 Å². The molecule has 0 rings (SSSR count). The highest BCUT2D eigenvalue weighted by Gasteiger charge is 2.20. The van der Waals surface area contributed by atoms with E-state index in [1.807, 2.05) is 0 Å². The molecular formula is C10H18N2O4. The lowest BCUT2D eigenvalue weighted by atomic mass is 10.3. The van der Waals surface area contributed by atoms with Crippen molar-refractivity contribution in [2.24, 2.45) is 0 Å². The Morgan fingerprint density at radius 2 is 1.88 bits per heavy atom. The number of nitrogens with one attached hydrogen (secondary N) is 1. The molecule has 0 heterocycles. The Bertz CT molecular complexity index is 276. The summed E-state index contributed by atoms with van der Waals surface area (Å²) in [6, 6.07) is -0.125. The van der Waals surface area contributed by atoms with Crippen LogP contribution in [0, 0.1) is 0 Å². The summed E-state index contributed by atoms with van der Waals surface area (Å²) in [6.45, 7) is 4.69. The van der Waals surface area contributed by atoms with Gasteiger partial charge in [-0.15, -0.1) is 0 Å². The summed E-state index contributed by atoms with van der Waals surface area (Å²) in [5.74, 6) is -1.07. The monoisotopic (exact) mass is 230 g/mol. The molecule has 0 aromatic heterocycles. The maximum Gasteiger partial charge on any atom is 0.325 e. The van der Waals surface area contributed by atoms with Gasteiger partial charge in [-0.25, -0.2) is 0 Å². The van der Waals surface area contributed by atoms with E-state index in [2.05, 4.69) is 10.1 Å². The molecule has 92 valence electrons. The largest absolute Gasteiger partial charge is 0.468 e. The molecule has 0 unspecified atom stereocenters. The van der Waals surface area contributed by atoms with E-state index in [0.717, 1.165) is 0 Å². The van der Waals surface area contributed by atoms with Gasteiger partial charge in [0.25, 0.3) is 0 Å². The lowest BCUT2D eigenvalue weighted by Crippen LogP contribution is -2.45. The van der Waals surface area contributed by atoms with Crippen LogP contribution >= 0.6 is 0 Å². The Morgan fingerprint density at radius 1 is 1.31 bits per heavy atom. The van der Waals surface area contributed by atoms with E-state index in [0.29, 0.717) is 0 Å². The van der Waals surface area contributed by atoms with Gasteiger partial charge in [0.05, 0.1) is 13.7 Å². The molecule has 0 spiro atoms. The molecule has 0 bridgehead atoms. The summed E-state index contributed by atoms with van der Waals surface area (Å²) >= 11 is 0. The van der Waals surface area contributed by atoms with Crippen LogP contribution in [0.25, 0.3) is 0 Å².